The lowest BCUT2D eigenvalue weighted by molar-refractivity contribution is -0.139. The maximum Gasteiger partial charge on any atom is 0.469 e. The molecule has 10 N–H and O–H groups in total. The van der Waals surface area contributed by atoms with Crippen LogP contribution in [-0.4, -0.2) is 57.3 Å². The molecule has 0 aliphatic carbocycles. The topological polar surface area (TPSA) is 193 Å². The lowest BCUT2D eigenvalue weighted by Gasteiger charge is -2.11. The first-order valence-electron chi connectivity index (χ1n) is 9.91. The molecule has 0 aliphatic heterocycles. The second-order valence-corrected chi connectivity index (χ2v) is 7.62. The van der Waals surface area contributed by atoms with Crippen LogP contribution in [0.1, 0.15) is 32.8 Å². The van der Waals surface area contributed by atoms with Gasteiger partial charge in [0.05, 0.1) is 0 Å². The molecule has 9 nitrogen and oxygen atoms in total. The maximum atomic E-state index is 10.7. The number of carbonyl (C=O) groups is 2. The van der Waals surface area contributed by atoms with Crippen LogP contribution in [-0.2, 0) is 16.0 Å². The standard InChI is InChI=1S/C13H13NO2.C5H14BNO2.C3H7NO2/c14-12(13(15)16)8-10-6-3-5-9-4-1-2-7-11(9)10;1-4(2)3-5(7)6(8)9;1-2(4)3(5)6/h1-7,12H,8,14H2,(H,15,16);4-5,8-9H,3,7H2,1-2H3;2H,4H2,1H3,(H,5,6)/t12-;5-;2-/m000/s1. The van der Waals surface area contributed by atoms with E-state index in [1.54, 1.807) is 0 Å². The quantitative estimate of drug-likeness (QED) is 0.305. The van der Waals surface area contributed by atoms with E-state index in [0.29, 0.717) is 18.8 Å². The molecule has 0 saturated carbocycles. The van der Waals surface area contributed by atoms with Gasteiger partial charge in [0.15, 0.2) is 0 Å². The first-order chi connectivity index (χ1) is 14.4. The molecule has 3 atom stereocenters. The van der Waals surface area contributed by atoms with Crippen molar-refractivity contribution < 1.29 is 29.9 Å². The molecule has 10 heteroatoms. The van der Waals surface area contributed by atoms with Crippen molar-refractivity contribution in [3.63, 3.8) is 0 Å². The molecule has 0 fully saturated rings. The average molecular weight is 435 g/mol. The summed E-state index contributed by atoms with van der Waals surface area (Å²) in [7, 11) is -1.37. The Kier molecular flexibility index (Phi) is 13.3. The van der Waals surface area contributed by atoms with E-state index in [4.69, 9.17) is 37.5 Å². The molecule has 0 amide bonds. The average Bonchev–Trinajstić information content (AvgIpc) is 2.68. The zero-order valence-electron chi connectivity index (χ0n) is 18.2. The molecule has 2 rings (SSSR count). The summed E-state index contributed by atoms with van der Waals surface area (Å²) in [5.41, 5.74) is 16.7. The highest BCUT2D eigenvalue weighted by Crippen LogP contribution is 2.19. The van der Waals surface area contributed by atoms with Crippen molar-refractivity contribution in [2.24, 2.45) is 23.1 Å². The van der Waals surface area contributed by atoms with Gasteiger partial charge in [0.2, 0.25) is 0 Å². The third kappa shape index (κ3) is 12.1. The monoisotopic (exact) mass is 435 g/mol. The van der Waals surface area contributed by atoms with Crippen LogP contribution in [0.25, 0.3) is 10.8 Å². The van der Waals surface area contributed by atoms with Crippen LogP contribution in [0.3, 0.4) is 0 Å². The van der Waals surface area contributed by atoms with Crippen molar-refractivity contribution >= 4 is 29.8 Å². The molecule has 2 aromatic carbocycles. The van der Waals surface area contributed by atoms with E-state index in [9.17, 15) is 9.59 Å². The van der Waals surface area contributed by atoms with Crippen LogP contribution >= 0.6 is 0 Å². The molecule has 2 aromatic rings. The van der Waals surface area contributed by atoms with Crippen LogP contribution in [0.4, 0.5) is 0 Å². The van der Waals surface area contributed by atoms with E-state index in [2.05, 4.69) is 0 Å². The lowest BCUT2D eigenvalue weighted by atomic mass is 9.76. The summed E-state index contributed by atoms with van der Waals surface area (Å²) in [5.74, 6) is -2.00. The van der Waals surface area contributed by atoms with E-state index < -0.39 is 37.1 Å². The van der Waals surface area contributed by atoms with Crippen molar-refractivity contribution in [3.05, 3.63) is 48.0 Å². The summed E-state index contributed by atoms with van der Waals surface area (Å²) in [6, 6.07) is 12.2. The maximum absolute atomic E-state index is 10.7. The largest absolute Gasteiger partial charge is 0.480 e. The summed E-state index contributed by atoms with van der Waals surface area (Å²) in [4.78, 5) is 20.3. The van der Waals surface area contributed by atoms with Crippen LogP contribution in [0.2, 0.25) is 0 Å². The highest BCUT2D eigenvalue weighted by Gasteiger charge is 2.19. The normalized spacial score (nSPS) is 13.2. The fraction of sp³-hybridized carbons (Fsp3) is 0.429. The van der Waals surface area contributed by atoms with Crippen molar-refractivity contribution in [1.82, 2.24) is 0 Å². The molecule has 172 valence electrons. The predicted molar refractivity (Wildman–Crippen MR) is 122 cm³/mol. The van der Waals surface area contributed by atoms with E-state index in [0.717, 1.165) is 16.3 Å². The molecule has 0 aliphatic rings. The number of fused-ring (bicyclic) bond motifs is 1. The Morgan fingerprint density at radius 3 is 1.84 bits per heavy atom. The highest BCUT2D eigenvalue weighted by atomic mass is 16.4. The highest BCUT2D eigenvalue weighted by molar-refractivity contribution is 6.43. The van der Waals surface area contributed by atoms with Crippen molar-refractivity contribution in [2.75, 3.05) is 0 Å². The van der Waals surface area contributed by atoms with Gasteiger partial charge in [-0.1, -0.05) is 56.3 Å². The minimum atomic E-state index is -1.37. The Morgan fingerprint density at radius 2 is 1.42 bits per heavy atom. The molecule has 0 heterocycles. The first kappa shape index (κ1) is 28.5. The van der Waals surface area contributed by atoms with Crippen LogP contribution < -0.4 is 17.2 Å². The number of hydrogen-bond donors (Lipinski definition) is 7. The Balaban J connectivity index is 0.000000509. The molecule has 31 heavy (non-hydrogen) atoms. The Morgan fingerprint density at radius 1 is 0.903 bits per heavy atom. The van der Waals surface area contributed by atoms with Gasteiger partial charge >= 0.3 is 19.1 Å². The van der Waals surface area contributed by atoms with E-state index in [-0.39, 0.29) is 0 Å². The summed E-state index contributed by atoms with van der Waals surface area (Å²) in [5, 5.41) is 35.8. The van der Waals surface area contributed by atoms with Gasteiger partial charge in [-0.25, -0.2) is 0 Å². The summed E-state index contributed by atoms with van der Waals surface area (Å²) < 4.78 is 0. The van der Waals surface area contributed by atoms with Crippen molar-refractivity contribution in [1.29, 1.82) is 0 Å². The molecule has 0 saturated heterocycles. The summed E-state index contributed by atoms with van der Waals surface area (Å²) >= 11 is 0. The zero-order valence-corrected chi connectivity index (χ0v) is 18.2. The lowest BCUT2D eigenvalue weighted by Crippen LogP contribution is -2.39. The van der Waals surface area contributed by atoms with Gasteiger partial charge in [0.1, 0.15) is 12.1 Å². The number of rotatable bonds is 7. The van der Waals surface area contributed by atoms with Gasteiger partial charge < -0.3 is 37.5 Å². The molecule has 0 aromatic heterocycles. The number of aliphatic carboxylic acids is 2. The van der Waals surface area contributed by atoms with Crippen LogP contribution in [0, 0.1) is 5.92 Å². The van der Waals surface area contributed by atoms with Gasteiger partial charge in [0.25, 0.3) is 0 Å². The van der Waals surface area contributed by atoms with Gasteiger partial charge in [-0.2, -0.15) is 0 Å². The van der Waals surface area contributed by atoms with Gasteiger partial charge in [0, 0.05) is 5.94 Å². The smallest absolute Gasteiger partial charge is 0.469 e. The van der Waals surface area contributed by atoms with Gasteiger partial charge in [-0.15, -0.1) is 0 Å². The number of nitrogens with two attached hydrogens (primary N) is 3. The van der Waals surface area contributed by atoms with Crippen LogP contribution in [0.15, 0.2) is 42.5 Å². The predicted octanol–water partition coefficient (Wildman–Crippen LogP) is 0.584. The number of carboxylic acid groups (broad SMARTS) is 2. The second kappa shape index (κ2) is 14.5. The number of hydrogen-bond acceptors (Lipinski definition) is 7. The summed E-state index contributed by atoms with van der Waals surface area (Å²) in [6.45, 7) is 5.40. The molecule has 0 spiro atoms. The fourth-order valence-corrected chi connectivity index (χ4v) is 2.46. The molecular weight excluding hydrogens is 401 g/mol. The van der Waals surface area contributed by atoms with Gasteiger partial charge in [-0.3, -0.25) is 9.59 Å². The van der Waals surface area contributed by atoms with E-state index >= 15 is 0 Å². The summed E-state index contributed by atoms with van der Waals surface area (Å²) in [6.07, 6.45) is 1.01. The van der Waals surface area contributed by atoms with Crippen molar-refractivity contribution in [3.8, 4) is 0 Å². The third-order valence-corrected chi connectivity index (χ3v) is 4.15. The number of benzene rings is 2. The Hall–Kier alpha value is -2.50. The van der Waals surface area contributed by atoms with Gasteiger partial charge in [-0.05, 0) is 42.0 Å². The Bertz CT molecular complexity index is 811. The van der Waals surface area contributed by atoms with E-state index in [1.165, 1.54) is 6.92 Å². The number of carboxylic acids is 2. The first-order valence-corrected chi connectivity index (χ1v) is 9.91. The van der Waals surface area contributed by atoms with Crippen molar-refractivity contribution in [2.45, 2.75) is 51.6 Å². The van der Waals surface area contributed by atoms with Crippen LogP contribution in [0.5, 0.6) is 0 Å². The zero-order chi connectivity index (χ0) is 24.1. The molecule has 0 radical (unpaired) electrons. The minimum Gasteiger partial charge on any atom is -0.480 e. The third-order valence-electron chi connectivity index (χ3n) is 4.15. The van der Waals surface area contributed by atoms with E-state index in [1.807, 2.05) is 56.3 Å². The molecule has 0 bridgehead atoms. The fourth-order valence-electron chi connectivity index (χ4n) is 2.46. The second-order valence-electron chi connectivity index (χ2n) is 7.62. The Labute approximate surface area is 183 Å². The minimum absolute atomic E-state index is 0.358. The molecular formula is C21H34BN3O6. The SMILES string of the molecule is CC(C)C[C@H](N)B(O)O.C[C@H](N)C(=O)O.N[C@@H](Cc1cccc2ccccc12)C(=O)O. The molecule has 0 unspecified atom stereocenters.